The Hall–Kier alpha value is -0.610. The Balaban J connectivity index is 2.44. The quantitative estimate of drug-likeness (QED) is 0.681. The van der Waals surface area contributed by atoms with Crippen molar-refractivity contribution in [1.82, 2.24) is 5.32 Å². The number of aliphatic hydroxyl groups is 1. The molecule has 0 spiro atoms. The van der Waals surface area contributed by atoms with Crippen LogP contribution in [0.1, 0.15) is 34.1 Å². The van der Waals surface area contributed by atoms with Crippen LogP contribution in [0.5, 0.6) is 0 Å². The average Bonchev–Trinajstić information content (AvgIpc) is 2.28. The maximum absolute atomic E-state index is 11.4. The van der Waals surface area contributed by atoms with E-state index in [4.69, 9.17) is 4.74 Å². The minimum Gasteiger partial charge on any atom is -0.381 e. The van der Waals surface area contributed by atoms with Gasteiger partial charge in [-0.15, -0.1) is 0 Å². The molecule has 0 saturated carbocycles. The molecule has 4 nitrogen and oxygen atoms in total. The lowest BCUT2D eigenvalue weighted by Gasteiger charge is -2.20. The number of hydrogen-bond acceptors (Lipinski definition) is 3. The second-order valence-corrected chi connectivity index (χ2v) is 5.00. The predicted octanol–water partition coefficient (Wildman–Crippen LogP) is 0.441. The molecule has 1 unspecified atom stereocenters. The Labute approximate surface area is 84.6 Å². The molecule has 1 rings (SSSR count). The summed E-state index contributed by atoms with van der Waals surface area (Å²) in [5.41, 5.74) is -1.48. The molecule has 0 bridgehead atoms. The van der Waals surface area contributed by atoms with Crippen LogP contribution >= 0.6 is 0 Å². The van der Waals surface area contributed by atoms with E-state index in [1.807, 2.05) is 13.8 Å². The summed E-state index contributed by atoms with van der Waals surface area (Å²) < 4.78 is 5.47. The minimum absolute atomic E-state index is 0.0175. The van der Waals surface area contributed by atoms with Crippen molar-refractivity contribution in [2.75, 3.05) is 6.61 Å². The van der Waals surface area contributed by atoms with Crippen molar-refractivity contribution in [2.45, 2.75) is 51.4 Å². The summed E-state index contributed by atoms with van der Waals surface area (Å²) >= 11 is 0. The first-order valence-corrected chi connectivity index (χ1v) is 4.88. The van der Waals surface area contributed by atoms with Crippen molar-refractivity contribution < 1.29 is 14.6 Å². The second-order valence-electron chi connectivity index (χ2n) is 5.00. The number of amides is 1. The van der Waals surface area contributed by atoms with E-state index in [0.717, 1.165) is 6.42 Å². The van der Waals surface area contributed by atoms with Gasteiger partial charge in [-0.25, -0.2) is 0 Å². The van der Waals surface area contributed by atoms with Crippen LogP contribution in [0.25, 0.3) is 0 Å². The molecule has 1 saturated heterocycles. The standard InChI is InChI=1S/C10H19NO3/c1-9(2)5-7(6-14-9)11-8(12)10(3,4)13/h7,13H,5-6H2,1-4H3,(H,11,12). The van der Waals surface area contributed by atoms with Gasteiger partial charge in [0.15, 0.2) is 0 Å². The Kier molecular flexibility index (Phi) is 2.88. The molecule has 1 atom stereocenters. The third-order valence-corrected chi connectivity index (χ3v) is 2.30. The highest BCUT2D eigenvalue weighted by Gasteiger charge is 2.35. The van der Waals surface area contributed by atoms with Gasteiger partial charge in [0.1, 0.15) is 5.60 Å². The second kappa shape index (κ2) is 3.51. The fourth-order valence-corrected chi connectivity index (χ4v) is 1.49. The summed E-state index contributed by atoms with van der Waals surface area (Å²) in [6.07, 6.45) is 0.787. The lowest BCUT2D eigenvalue weighted by molar-refractivity contribution is -0.137. The summed E-state index contributed by atoms with van der Waals surface area (Å²) in [7, 11) is 0. The van der Waals surface area contributed by atoms with Crippen molar-refractivity contribution in [3.63, 3.8) is 0 Å². The summed E-state index contributed by atoms with van der Waals surface area (Å²) in [5, 5.41) is 12.2. The molecule has 0 aromatic heterocycles. The topological polar surface area (TPSA) is 58.6 Å². The Morgan fingerprint density at radius 3 is 2.50 bits per heavy atom. The van der Waals surface area contributed by atoms with E-state index in [0.29, 0.717) is 6.61 Å². The molecule has 82 valence electrons. The van der Waals surface area contributed by atoms with Gasteiger partial charge < -0.3 is 15.2 Å². The van der Waals surface area contributed by atoms with Crippen LogP contribution in [0.2, 0.25) is 0 Å². The minimum atomic E-state index is -1.31. The van der Waals surface area contributed by atoms with Crippen molar-refractivity contribution >= 4 is 5.91 Å². The van der Waals surface area contributed by atoms with E-state index in [9.17, 15) is 9.90 Å². The molecule has 14 heavy (non-hydrogen) atoms. The zero-order valence-corrected chi connectivity index (χ0v) is 9.26. The SMILES string of the molecule is CC1(C)CC(NC(=O)C(C)(C)O)CO1. The third-order valence-electron chi connectivity index (χ3n) is 2.30. The van der Waals surface area contributed by atoms with Crippen LogP contribution in [0.15, 0.2) is 0 Å². The number of carbonyl (C=O) groups excluding carboxylic acids is 1. The molecular weight excluding hydrogens is 182 g/mol. The van der Waals surface area contributed by atoms with Gasteiger partial charge in [-0.3, -0.25) is 4.79 Å². The highest BCUT2D eigenvalue weighted by atomic mass is 16.5. The van der Waals surface area contributed by atoms with Crippen molar-refractivity contribution in [3.8, 4) is 0 Å². The molecular formula is C10H19NO3. The number of carbonyl (C=O) groups is 1. The number of rotatable bonds is 2. The van der Waals surface area contributed by atoms with Crippen molar-refractivity contribution in [1.29, 1.82) is 0 Å². The fourth-order valence-electron chi connectivity index (χ4n) is 1.49. The lowest BCUT2D eigenvalue weighted by atomic mass is 10.0. The van der Waals surface area contributed by atoms with E-state index in [2.05, 4.69) is 5.32 Å². The van der Waals surface area contributed by atoms with Gasteiger partial charge in [0.2, 0.25) is 0 Å². The summed E-state index contributed by atoms with van der Waals surface area (Å²) in [6.45, 7) is 7.45. The van der Waals surface area contributed by atoms with E-state index >= 15 is 0 Å². The molecule has 4 heteroatoms. The highest BCUT2D eigenvalue weighted by Crippen LogP contribution is 2.24. The number of hydrogen-bond donors (Lipinski definition) is 2. The largest absolute Gasteiger partial charge is 0.381 e. The monoisotopic (exact) mass is 201 g/mol. The van der Waals surface area contributed by atoms with E-state index in [1.165, 1.54) is 13.8 Å². The van der Waals surface area contributed by atoms with Gasteiger partial charge >= 0.3 is 0 Å². The molecule has 1 amide bonds. The Bertz CT molecular complexity index is 230. The molecule has 2 N–H and O–H groups in total. The Morgan fingerprint density at radius 1 is 1.57 bits per heavy atom. The average molecular weight is 201 g/mol. The van der Waals surface area contributed by atoms with Gasteiger partial charge in [0, 0.05) is 0 Å². The smallest absolute Gasteiger partial charge is 0.251 e. The van der Waals surface area contributed by atoms with Crippen LogP contribution < -0.4 is 5.32 Å². The summed E-state index contributed by atoms with van der Waals surface area (Å²) in [6, 6.07) is 0.0175. The fraction of sp³-hybridized carbons (Fsp3) is 0.900. The molecule has 0 radical (unpaired) electrons. The normalized spacial score (nSPS) is 26.2. The van der Waals surface area contributed by atoms with Crippen LogP contribution in [0, 0.1) is 0 Å². The van der Waals surface area contributed by atoms with Crippen LogP contribution in [-0.2, 0) is 9.53 Å². The molecule has 1 fully saturated rings. The molecule has 1 aliphatic rings. The first kappa shape index (κ1) is 11.5. The molecule has 1 heterocycles. The van der Waals surface area contributed by atoms with E-state index in [1.54, 1.807) is 0 Å². The van der Waals surface area contributed by atoms with Gasteiger partial charge in [-0.05, 0) is 34.1 Å². The van der Waals surface area contributed by atoms with E-state index < -0.39 is 5.60 Å². The molecule has 0 aromatic rings. The number of nitrogens with one attached hydrogen (secondary N) is 1. The van der Waals surface area contributed by atoms with Gasteiger partial charge in [-0.2, -0.15) is 0 Å². The molecule has 0 aromatic carbocycles. The van der Waals surface area contributed by atoms with Crippen LogP contribution in [0.3, 0.4) is 0 Å². The molecule has 1 aliphatic heterocycles. The van der Waals surface area contributed by atoms with Gasteiger partial charge in [-0.1, -0.05) is 0 Å². The maximum atomic E-state index is 11.4. The first-order valence-electron chi connectivity index (χ1n) is 4.88. The van der Waals surface area contributed by atoms with Crippen LogP contribution in [0.4, 0.5) is 0 Å². The van der Waals surface area contributed by atoms with Crippen molar-refractivity contribution in [3.05, 3.63) is 0 Å². The lowest BCUT2D eigenvalue weighted by Crippen LogP contribution is -2.47. The number of ether oxygens (including phenoxy) is 1. The van der Waals surface area contributed by atoms with E-state index in [-0.39, 0.29) is 17.6 Å². The Morgan fingerprint density at radius 2 is 2.14 bits per heavy atom. The summed E-state index contributed by atoms with van der Waals surface area (Å²) in [4.78, 5) is 11.4. The highest BCUT2D eigenvalue weighted by molar-refractivity contribution is 5.84. The molecule has 0 aliphatic carbocycles. The maximum Gasteiger partial charge on any atom is 0.251 e. The van der Waals surface area contributed by atoms with Gasteiger partial charge in [0.05, 0.1) is 18.2 Å². The van der Waals surface area contributed by atoms with Gasteiger partial charge in [0.25, 0.3) is 5.91 Å². The summed E-state index contributed by atoms with van der Waals surface area (Å²) in [5.74, 6) is -0.344. The van der Waals surface area contributed by atoms with Crippen LogP contribution in [-0.4, -0.2) is 34.9 Å². The predicted molar refractivity (Wildman–Crippen MR) is 52.9 cm³/mol. The zero-order chi connectivity index (χ0) is 11.0. The first-order chi connectivity index (χ1) is 6.21. The zero-order valence-electron chi connectivity index (χ0n) is 9.26. The third kappa shape index (κ3) is 2.96. The van der Waals surface area contributed by atoms with Crippen molar-refractivity contribution in [2.24, 2.45) is 0 Å².